The largest absolute Gasteiger partial charge is 0.390 e. The predicted molar refractivity (Wildman–Crippen MR) is 63.5 cm³/mol. The molecule has 6 heteroatoms. The number of benzene rings is 1. The number of aliphatic hydroxyl groups is 2. The molecule has 1 aromatic carbocycles. The maximum atomic E-state index is 13.5. The Bertz CT molecular complexity index is 495. The fourth-order valence-electron chi connectivity index (χ4n) is 2.36. The molecule has 2 N–H and O–H groups in total. The van der Waals surface area contributed by atoms with E-state index in [2.05, 4.69) is 0 Å². The topological polar surface area (TPSA) is 60.8 Å². The van der Waals surface area contributed by atoms with Crippen LogP contribution in [0.25, 0.3) is 0 Å². The Morgan fingerprint density at radius 1 is 1.32 bits per heavy atom. The third kappa shape index (κ3) is 2.59. The van der Waals surface area contributed by atoms with Crippen molar-refractivity contribution in [2.75, 3.05) is 7.05 Å². The second-order valence-electron chi connectivity index (χ2n) is 4.74. The van der Waals surface area contributed by atoms with Gasteiger partial charge in [0.25, 0.3) is 5.91 Å². The van der Waals surface area contributed by atoms with Crippen LogP contribution in [0.2, 0.25) is 0 Å². The highest BCUT2D eigenvalue weighted by Gasteiger charge is 2.38. The Balaban J connectivity index is 2.22. The van der Waals surface area contributed by atoms with E-state index >= 15 is 0 Å². The molecule has 1 saturated carbocycles. The smallest absolute Gasteiger partial charge is 0.257 e. The molecule has 1 amide bonds. The van der Waals surface area contributed by atoms with Gasteiger partial charge in [-0.1, -0.05) is 0 Å². The number of rotatable bonds is 2. The van der Waals surface area contributed by atoms with E-state index in [-0.39, 0.29) is 5.56 Å². The number of carbonyl (C=O) groups is 1. The van der Waals surface area contributed by atoms with E-state index in [0.717, 1.165) is 23.1 Å². The molecular weight excluding hydrogens is 256 g/mol. The average molecular weight is 271 g/mol. The van der Waals surface area contributed by atoms with Gasteiger partial charge in [-0.05, 0) is 31.0 Å². The molecule has 3 atom stereocenters. The van der Waals surface area contributed by atoms with Crippen molar-refractivity contribution >= 4 is 5.91 Å². The van der Waals surface area contributed by atoms with E-state index in [1.54, 1.807) is 0 Å². The first-order chi connectivity index (χ1) is 8.91. The average Bonchev–Trinajstić information content (AvgIpc) is 2.71. The second kappa shape index (κ2) is 5.22. The highest BCUT2D eigenvalue weighted by Crippen LogP contribution is 2.25. The van der Waals surface area contributed by atoms with Crippen LogP contribution in [0.15, 0.2) is 18.2 Å². The van der Waals surface area contributed by atoms with Gasteiger partial charge in [0.05, 0.1) is 17.7 Å². The van der Waals surface area contributed by atoms with E-state index in [9.17, 15) is 23.8 Å². The van der Waals surface area contributed by atoms with Crippen molar-refractivity contribution in [3.63, 3.8) is 0 Å². The van der Waals surface area contributed by atoms with E-state index in [1.165, 1.54) is 7.05 Å². The van der Waals surface area contributed by atoms with Gasteiger partial charge < -0.3 is 15.1 Å². The number of nitrogens with zero attached hydrogens (tertiary/aromatic N) is 1. The third-order valence-electron chi connectivity index (χ3n) is 3.52. The van der Waals surface area contributed by atoms with Crippen molar-refractivity contribution in [1.29, 1.82) is 0 Å². The van der Waals surface area contributed by atoms with Gasteiger partial charge in [0.2, 0.25) is 0 Å². The van der Waals surface area contributed by atoms with Crippen LogP contribution < -0.4 is 0 Å². The molecule has 0 spiro atoms. The molecule has 1 aliphatic carbocycles. The van der Waals surface area contributed by atoms with Gasteiger partial charge in [-0.25, -0.2) is 8.78 Å². The maximum Gasteiger partial charge on any atom is 0.257 e. The van der Waals surface area contributed by atoms with Crippen LogP contribution in [0.1, 0.15) is 23.2 Å². The lowest BCUT2D eigenvalue weighted by atomic mass is 10.1. The van der Waals surface area contributed by atoms with Crippen LogP contribution in [0, 0.1) is 11.6 Å². The summed E-state index contributed by atoms with van der Waals surface area (Å²) >= 11 is 0. The van der Waals surface area contributed by atoms with Crippen molar-refractivity contribution in [2.45, 2.75) is 31.1 Å². The Morgan fingerprint density at radius 3 is 2.58 bits per heavy atom. The normalized spacial score (nSPS) is 26.5. The molecule has 19 heavy (non-hydrogen) atoms. The first kappa shape index (κ1) is 13.9. The molecule has 0 radical (unpaired) electrons. The van der Waals surface area contributed by atoms with Gasteiger partial charge in [-0.2, -0.15) is 0 Å². The van der Waals surface area contributed by atoms with E-state index in [1.807, 2.05) is 0 Å². The van der Waals surface area contributed by atoms with Crippen LogP contribution in [-0.4, -0.2) is 46.3 Å². The molecule has 0 saturated heterocycles. The van der Waals surface area contributed by atoms with E-state index in [4.69, 9.17) is 0 Å². The standard InChI is InChI=1S/C13H15F2NO3/c1-16(10-4-5-11(17)12(10)18)13(19)8-6-7(14)2-3-9(8)15/h2-3,6,10-12,17-18H,4-5H2,1H3/t10-,11-,12-/m1/s1. The van der Waals surface area contributed by atoms with Crippen molar-refractivity contribution < 1.29 is 23.8 Å². The Labute approximate surface area is 109 Å². The Kier molecular flexibility index (Phi) is 3.82. The molecule has 0 aromatic heterocycles. The molecule has 4 nitrogen and oxygen atoms in total. The number of carbonyl (C=O) groups excluding carboxylic acids is 1. The predicted octanol–water partition coefficient (Wildman–Crippen LogP) is 0.921. The third-order valence-corrected chi connectivity index (χ3v) is 3.52. The number of hydrogen-bond acceptors (Lipinski definition) is 3. The van der Waals surface area contributed by atoms with Crippen LogP contribution in [-0.2, 0) is 0 Å². The number of hydrogen-bond donors (Lipinski definition) is 2. The number of amides is 1. The first-order valence-electron chi connectivity index (χ1n) is 6.00. The van der Waals surface area contributed by atoms with Crippen LogP contribution in [0.3, 0.4) is 0 Å². The molecule has 0 heterocycles. The summed E-state index contributed by atoms with van der Waals surface area (Å²) in [5, 5.41) is 19.2. The SMILES string of the molecule is CN(C(=O)c1cc(F)ccc1F)[C@@H]1CC[C@@H](O)[C@@H]1O. The van der Waals surface area contributed by atoms with E-state index < -0.39 is 35.8 Å². The molecule has 0 bridgehead atoms. The van der Waals surface area contributed by atoms with Gasteiger partial charge in [-0.3, -0.25) is 4.79 Å². The van der Waals surface area contributed by atoms with Crippen molar-refractivity contribution in [2.24, 2.45) is 0 Å². The van der Waals surface area contributed by atoms with Crippen molar-refractivity contribution in [3.05, 3.63) is 35.4 Å². The molecule has 2 rings (SSSR count). The number of halogens is 2. The Morgan fingerprint density at radius 2 is 2.00 bits per heavy atom. The molecule has 0 unspecified atom stereocenters. The maximum absolute atomic E-state index is 13.5. The van der Waals surface area contributed by atoms with Crippen LogP contribution in [0.5, 0.6) is 0 Å². The minimum absolute atomic E-state index is 0.370. The minimum atomic E-state index is -1.06. The summed E-state index contributed by atoms with van der Waals surface area (Å²) in [4.78, 5) is 13.2. The zero-order valence-electron chi connectivity index (χ0n) is 10.4. The van der Waals surface area contributed by atoms with Crippen LogP contribution in [0.4, 0.5) is 8.78 Å². The first-order valence-corrected chi connectivity index (χ1v) is 6.00. The Hall–Kier alpha value is -1.53. The van der Waals surface area contributed by atoms with E-state index in [0.29, 0.717) is 12.8 Å². The van der Waals surface area contributed by atoms with Gasteiger partial charge in [-0.15, -0.1) is 0 Å². The van der Waals surface area contributed by atoms with Gasteiger partial charge in [0.1, 0.15) is 17.7 Å². The zero-order valence-corrected chi connectivity index (χ0v) is 10.4. The second-order valence-corrected chi connectivity index (χ2v) is 4.74. The van der Waals surface area contributed by atoms with Gasteiger partial charge in [0, 0.05) is 7.05 Å². The van der Waals surface area contributed by atoms with Crippen molar-refractivity contribution in [3.8, 4) is 0 Å². The fourth-order valence-corrected chi connectivity index (χ4v) is 2.36. The highest BCUT2D eigenvalue weighted by molar-refractivity contribution is 5.94. The molecule has 1 aromatic rings. The van der Waals surface area contributed by atoms with Crippen LogP contribution >= 0.6 is 0 Å². The summed E-state index contributed by atoms with van der Waals surface area (Å²) < 4.78 is 26.6. The summed E-state index contributed by atoms with van der Waals surface area (Å²) in [6, 6.07) is 2.05. The number of likely N-dealkylation sites (N-methyl/N-ethyl adjacent to an activating group) is 1. The highest BCUT2D eigenvalue weighted by atomic mass is 19.1. The molecule has 1 aliphatic rings. The molecule has 0 aliphatic heterocycles. The van der Waals surface area contributed by atoms with Gasteiger partial charge in [0.15, 0.2) is 0 Å². The zero-order chi connectivity index (χ0) is 14.2. The summed E-state index contributed by atoms with van der Waals surface area (Å²) in [5.41, 5.74) is -0.379. The summed E-state index contributed by atoms with van der Waals surface area (Å²) in [5.74, 6) is -2.23. The minimum Gasteiger partial charge on any atom is -0.390 e. The molecule has 104 valence electrons. The fraction of sp³-hybridized carbons (Fsp3) is 0.462. The van der Waals surface area contributed by atoms with Gasteiger partial charge >= 0.3 is 0 Å². The summed E-state index contributed by atoms with van der Waals surface area (Å²) in [6.07, 6.45) is -1.17. The lowest BCUT2D eigenvalue weighted by Crippen LogP contribution is -2.44. The number of aliphatic hydroxyl groups excluding tert-OH is 2. The quantitative estimate of drug-likeness (QED) is 0.841. The van der Waals surface area contributed by atoms with Crippen molar-refractivity contribution in [1.82, 2.24) is 4.90 Å². The monoisotopic (exact) mass is 271 g/mol. The summed E-state index contributed by atoms with van der Waals surface area (Å²) in [6.45, 7) is 0. The lowest BCUT2D eigenvalue weighted by Gasteiger charge is -2.28. The summed E-state index contributed by atoms with van der Waals surface area (Å²) in [7, 11) is 1.40. The molecule has 1 fully saturated rings. The molecular formula is C13H15F2NO3. The lowest BCUT2D eigenvalue weighted by molar-refractivity contribution is 0.00645.